The van der Waals surface area contributed by atoms with E-state index in [9.17, 15) is 14.9 Å². The first-order chi connectivity index (χ1) is 13.4. The molecule has 0 saturated heterocycles. The van der Waals surface area contributed by atoms with E-state index < -0.39 is 10.9 Å². The van der Waals surface area contributed by atoms with Crippen molar-refractivity contribution in [3.8, 4) is 0 Å². The second kappa shape index (κ2) is 8.49. The van der Waals surface area contributed by atoms with Crippen LogP contribution in [0.5, 0.6) is 0 Å². The molecular formula is C19H18BrN3O5. The Morgan fingerprint density at radius 3 is 2.71 bits per heavy atom. The average molecular weight is 448 g/mol. The number of nitro groups is 1. The first-order valence-electron chi connectivity index (χ1n) is 8.43. The molecule has 28 heavy (non-hydrogen) atoms. The summed E-state index contributed by atoms with van der Waals surface area (Å²) in [5.41, 5.74) is 2.42. The zero-order valence-corrected chi connectivity index (χ0v) is 16.9. The highest BCUT2D eigenvalue weighted by molar-refractivity contribution is 9.10. The van der Waals surface area contributed by atoms with Gasteiger partial charge in [0.2, 0.25) is 0 Å². The van der Waals surface area contributed by atoms with E-state index in [-0.39, 0.29) is 12.1 Å². The molecule has 2 aromatic carbocycles. The van der Waals surface area contributed by atoms with Crippen molar-refractivity contribution in [2.24, 2.45) is 0 Å². The Bertz CT molecular complexity index is 1050. The summed E-state index contributed by atoms with van der Waals surface area (Å²) in [4.78, 5) is 27.5. The predicted octanol–water partition coefficient (Wildman–Crippen LogP) is 3.73. The van der Waals surface area contributed by atoms with E-state index in [4.69, 9.17) is 9.47 Å². The van der Waals surface area contributed by atoms with Gasteiger partial charge in [-0.15, -0.1) is 0 Å². The molecule has 0 radical (unpaired) electrons. The Hall–Kier alpha value is -2.78. The van der Waals surface area contributed by atoms with Crippen molar-refractivity contribution in [2.75, 3.05) is 20.8 Å². The van der Waals surface area contributed by atoms with E-state index in [1.165, 1.54) is 13.2 Å². The number of nitrogens with zero attached hydrogens (tertiary/aromatic N) is 3. The van der Waals surface area contributed by atoms with Gasteiger partial charge in [0.05, 0.1) is 35.2 Å². The number of nitro benzene ring substituents is 1. The van der Waals surface area contributed by atoms with Gasteiger partial charge in [0.1, 0.15) is 5.82 Å². The molecule has 3 aromatic rings. The Morgan fingerprint density at radius 2 is 2.04 bits per heavy atom. The van der Waals surface area contributed by atoms with Crippen molar-refractivity contribution in [2.45, 2.75) is 13.0 Å². The van der Waals surface area contributed by atoms with Crippen LogP contribution < -0.4 is 0 Å². The molecule has 1 heterocycles. The molecule has 8 nitrogen and oxygen atoms in total. The zero-order chi connectivity index (χ0) is 20.3. The highest BCUT2D eigenvalue weighted by Crippen LogP contribution is 2.27. The van der Waals surface area contributed by atoms with Gasteiger partial charge in [0, 0.05) is 36.2 Å². The smallest absolute Gasteiger partial charge is 0.337 e. The molecule has 0 saturated carbocycles. The summed E-state index contributed by atoms with van der Waals surface area (Å²) in [6, 6.07) is 10.1. The fraction of sp³-hybridized carbons (Fsp3) is 0.263. The predicted molar refractivity (Wildman–Crippen MR) is 107 cm³/mol. The van der Waals surface area contributed by atoms with Crippen molar-refractivity contribution in [3.63, 3.8) is 0 Å². The molecule has 0 N–H and O–H groups in total. The van der Waals surface area contributed by atoms with Crippen molar-refractivity contribution in [3.05, 3.63) is 67.9 Å². The minimum absolute atomic E-state index is 0.0231. The number of hydrogen-bond acceptors (Lipinski definition) is 6. The van der Waals surface area contributed by atoms with Gasteiger partial charge in [0.15, 0.2) is 0 Å². The van der Waals surface area contributed by atoms with Crippen molar-refractivity contribution >= 4 is 38.6 Å². The number of ether oxygens (including phenoxy) is 2. The summed E-state index contributed by atoms with van der Waals surface area (Å²) < 4.78 is 12.5. The maximum atomic E-state index is 11.9. The van der Waals surface area contributed by atoms with Crippen LogP contribution in [0.25, 0.3) is 11.0 Å². The molecule has 0 aliphatic heterocycles. The highest BCUT2D eigenvalue weighted by Gasteiger charge is 2.19. The van der Waals surface area contributed by atoms with Crippen molar-refractivity contribution in [1.82, 2.24) is 9.55 Å². The van der Waals surface area contributed by atoms with Crippen LogP contribution in [0.1, 0.15) is 21.7 Å². The number of carbonyl (C=O) groups excluding carboxylic acids is 1. The van der Waals surface area contributed by atoms with E-state index in [1.807, 2.05) is 4.57 Å². The van der Waals surface area contributed by atoms with Crippen molar-refractivity contribution in [1.29, 1.82) is 0 Å². The molecule has 9 heteroatoms. The number of methoxy groups -OCH3 is 2. The molecule has 0 bridgehead atoms. The van der Waals surface area contributed by atoms with Crippen LogP contribution in [0, 0.1) is 10.1 Å². The summed E-state index contributed by atoms with van der Waals surface area (Å²) in [6.07, 6.45) is 0.273. The van der Waals surface area contributed by atoms with Crippen LogP contribution in [0.4, 0.5) is 5.69 Å². The molecule has 1 aromatic heterocycles. The van der Waals surface area contributed by atoms with Gasteiger partial charge >= 0.3 is 5.97 Å². The Balaban J connectivity index is 2.10. The van der Waals surface area contributed by atoms with E-state index in [2.05, 4.69) is 20.9 Å². The van der Waals surface area contributed by atoms with Crippen LogP contribution in [0.3, 0.4) is 0 Å². The number of fused-ring (bicyclic) bond motifs is 1. The quantitative estimate of drug-likeness (QED) is 0.311. The normalized spacial score (nSPS) is 11.0. The maximum Gasteiger partial charge on any atom is 0.337 e. The molecule has 0 unspecified atom stereocenters. The molecule has 0 aliphatic carbocycles. The number of esters is 1. The van der Waals surface area contributed by atoms with Gasteiger partial charge in [-0.05, 0) is 24.3 Å². The third kappa shape index (κ3) is 4.05. The summed E-state index contributed by atoms with van der Waals surface area (Å²) in [6.45, 7) is 0.931. The van der Waals surface area contributed by atoms with Gasteiger partial charge in [-0.25, -0.2) is 9.78 Å². The maximum absolute atomic E-state index is 11.9. The number of imidazole rings is 1. The second-order valence-corrected chi connectivity index (χ2v) is 6.99. The molecule has 0 fully saturated rings. The third-order valence-corrected chi connectivity index (χ3v) is 4.85. The fourth-order valence-electron chi connectivity index (χ4n) is 3.01. The first-order valence-corrected chi connectivity index (χ1v) is 9.23. The van der Waals surface area contributed by atoms with Crippen molar-refractivity contribution < 1.29 is 19.2 Å². The Morgan fingerprint density at radius 1 is 1.25 bits per heavy atom. The lowest BCUT2D eigenvalue weighted by atomic mass is 10.1. The lowest BCUT2D eigenvalue weighted by Crippen LogP contribution is -2.10. The van der Waals surface area contributed by atoms with Gasteiger partial charge < -0.3 is 14.0 Å². The fourth-order valence-corrected chi connectivity index (χ4v) is 3.36. The minimum atomic E-state index is -0.438. The van der Waals surface area contributed by atoms with E-state index in [1.54, 1.807) is 37.4 Å². The summed E-state index contributed by atoms with van der Waals surface area (Å²) in [5, 5.41) is 11.4. The molecule has 146 valence electrons. The summed E-state index contributed by atoms with van der Waals surface area (Å²) in [7, 11) is 2.92. The topological polar surface area (TPSA) is 96.5 Å². The largest absolute Gasteiger partial charge is 0.465 e. The van der Waals surface area contributed by atoms with Gasteiger partial charge in [-0.2, -0.15) is 0 Å². The van der Waals surface area contributed by atoms with Crippen LogP contribution >= 0.6 is 15.9 Å². The summed E-state index contributed by atoms with van der Waals surface area (Å²) >= 11 is 3.27. The van der Waals surface area contributed by atoms with Crippen LogP contribution in [-0.4, -0.2) is 41.3 Å². The lowest BCUT2D eigenvalue weighted by molar-refractivity contribution is -0.385. The molecule has 0 atom stereocenters. The van der Waals surface area contributed by atoms with Crippen LogP contribution in [-0.2, 0) is 22.4 Å². The monoisotopic (exact) mass is 447 g/mol. The second-order valence-electron chi connectivity index (χ2n) is 6.07. The first kappa shape index (κ1) is 20.0. The van der Waals surface area contributed by atoms with Gasteiger partial charge in [0.25, 0.3) is 5.69 Å². The molecule has 3 rings (SSSR count). The lowest BCUT2D eigenvalue weighted by Gasteiger charge is -2.10. The van der Waals surface area contributed by atoms with E-state index in [0.717, 1.165) is 5.52 Å². The molecule has 0 spiro atoms. The van der Waals surface area contributed by atoms with Gasteiger partial charge in [-0.3, -0.25) is 10.1 Å². The van der Waals surface area contributed by atoms with Crippen LogP contribution in [0.15, 0.2) is 40.9 Å². The number of halogens is 1. The number of carbonyl (C=O) groups is 1. The average Bonchev–Trinajstić information content (AvgIpc) is 3.03. The Kier molecular flexibility index (Phi) is 6.05. The number of hydrogen-bond donors (Lipinski definition) is 0. The number of rotatable bonds is 7. The van der Waals surface area contributed by atoms with Gasteiger partial charge in [-0.1, -0.05) is 22.0 Å². The third-order valence-electron chi connectivity index (χ3n) is 4.36. The zero-order valence-electron chi connectivity index (χ0n) is 15.3. The molecular weight excluding hydrogens is 430 g/mol. The van der Waals surface area contributed by atoms with E-state index in [0.29, 0.717) is 40.1 Å². The minimum Gasteiger partial charge on any atom is -0.465 e. The Labute approximate surface area is 169 Å². The SMILES string of the molecule is COCCn1c(Cc2ccc(Br)cc2[N+](=O)[O-])nc2ccc(C(=O)OC)cc21. The summed E-state index contributed by atoms with van der Waals surface area (Å²) in [5.74, 6) is 0.214. The highest BCUT2D eigenvalue weighted by atomic mass is 79.9. The van der Waals surface area contributed by atoms with E-state index >= 15 is 0 Å². The standard InChI is InChI=1S/C19H18BrN3O5/c1-27-8-7-22-17-9-13(19(24)28-2)4-6-15(17)21-18(22)10-12-3-5-14(20)11-16(12)23(25)26/h3-6,9,11H,7-8,10H2,1-2H3. The molecule has 0 aliphatic rings. The van der Waals surface area contributed by atoms with Crippen LogP contribution in [0.2, 0.25) is 0 Å². The molecule has 0 amide bonds. The number of aromatic nitrogens is 2. The number of benzene rings is 2.